The van der Waals surface area contributed by atoms with E-state index in [2.05, 4.69) is 4.98 Å². The third kappa shape index (κ3) is 3.32. The number of rotatable bonds is 4. The number of aromatic amines is 1. The normalized spacial score (nSPS) is 20.9. The minimum Gasteiger partial charge on any atom is -0.377 e. The van der Waals surface area contributed by atoms with E-state index in [-0.39, 0.29) is 30.7 Å². The number of H-pyrrole nitrogens is 1. The summed E-state index contributed by atoms with van der Waals surface area (Å²) in [7, 11) is 0. The van der Waals surface area contributed by atoms with Crippen LogP contribution in [0.15, 0.2) is 24.4 Å². The molecule has 2 fully saturated rings. The number of halogens is 3. The first kappa shape index (κ1) is 17.7. The SMILES string of the molecule is O=C(c1c[nH]c2cccc(Cl)c12)N(CC1CCC(F)(F)CC1)C1COC1. The van der Waals surface area contributed by atoms with Crippen molar-refractivity contribution in [2.75, 3.05) is 19.8 Å². The van der Waals surface area contributed by atoms with Gasteiger partial charge in [0.1, 0.15) is 0 Å². The van der Waals surface area contributed by atoms with Crippen LogP contribution in [-0.2, 0) is 4.74 Å². The molecule has 0 radical (unpaired) electrons. The molecule has 0 atom stereocenters. The van der Waals surface area contributed by atoms with Gasteiger partial charge in [-0.2, -0.15) is 0 Å². The van der Waals surface area contributed by atoms with Crippen molar-refractivity contribution in [2.45, 2.75) is 37.6 Å². The highest BCUT2D eigenvalue weighted by Gasteiger charge is 2.38. The number of alkyl halides is 2. The Labute approximate surface area is 155 Å². The van der Waals surface area contributed by atoms with E-state index in [4.69, 9.17) is 16.3 Å². The molecule has 2 aromatic rings. The second-order valence-electron chi connectivity index (χ2n) is 7.31. The van der Waals surface area contributed by atoms with Gasteiger partial charge in [0.15, 0.2) is 0 Å². The fourth-order valence-electron chi connectivity index (χ4n) is 3.83. The van der Waals surface area contributed by atoms with Crippen LogP contribution in [0.5, 0.6) is 0 Å². The Morgan fingerprint density at radius 3 is 2.69 bits per heavy atom. The number of benzene rings is 1. The highest BCUT2D eigenvalue weighted by atomic mass is 35.5. The summed E-state index contributed by atoms with van der Waals surface area (Å²) in [5.74, 6) is -2.58. The van der Waals surface area contributed by atoms with Gasteiger partial charge in [-0.25, -0.2) is 8.78 Å². The summed E-state index contributed by atoms with van der Waals surface area (Å²) in [6, 6.07) is 5.46. The molecule has 4 nitrogen and oxygen atoms in total. The van der Waals surface area contributed by atoms with Crippen LogP contribution in [0.4, 0.5) is 8.78 Å². The van der Waals surface area contributed by atoms with Gasteiger partial charge < -0.3 is 14.6 Å². The molecule has 1 aromatic heterocycles. The van der Waals surface area contributed by atoms with E-state index in [1.165, 1.54) is 0 Å². The molecular weight excluding hydrogens is 362 g/mol. The Kier molecular flexibility index (Phi) is 4.65. The quantitative estimate of drug-likeness (QED) is 0.846. The van der Waals surface area contributed by atoms with Gasteiger partial charge in [-0.1, -0.05) is 17.7 Å². The molecule has 1 aromatic carbocycles. The van der Waals surface area contributed by atoms with Crippen molar-refractivity contribution in [1.29, 1.82) is 0 Å². The number of fused-ring (bicyclic) bond motifs is 1. The van der Waals surface area contributed by atoms with Gasteiger partial charge in [-0.15, -0.1) is 0 Å². The van der Waals surface area contributed by atoms with Crippen LogP contribution in [0, 0.1) is 5.92 Å². The minimum absolute atomic E-state index is 0.00243. The molecule has 7 heteroatoms. The summed E-state index contributed by atoms with van der Waals surface area (Å²) < 4.78 is 32.1. The lowest BCUT2D eigenvalue weighted by molar-refractivity contribution is -0.0712. The van der Waals surface area contributed by atoms with Crippen molar-refractivity contribution in [3.63, 3.8) is 0 Å². The second kappa shape index (κ2) is 6.82. The van der Waals surface area contributed by atoms with E-state index in [9.17, 15) is 13.6 Å². The zero-order chi connectivity index (χ0) is 18.3. The topological polar surface area (TPSA) is 45.3 Å². The van der Waals surface area contributed by atoms with Crippen molar-refractivity contribution < 1.29 is 18.3 Å². The molecule has 0 bridgehead atoms. The van der Waals surface area contributed by atoms with E-state index in [1.54, 1.807) is 17.2 Å². The maximum absolute atomic E-state index is 13.4. The summed E-state index contributed by atoms with van der Waals surface area (Å²) in [6.07, 6.45) is 2.37. The lowest BCUT2D eigenvalue weighted by Gasteiger charge is -2.40. The molecule has 1 amide bonds. The van der Waals surface area contributed by atoms with Crippen molar-refractivity contribution in [1.82, 2.24) is 9.88 Å². The molecular formula is C19H21ClF2N2O2. The van der Waals surface area contributed by atoms with Crippen LogP contribution >= 0.6 is 11.6 Å². The monoisotopic (exact) mass is 382 g/mol. The van der Waals surface area contributed by atoms with Crippen molar-refractivity contribution in [3.05, 3.63) is 35.0 Å². The lowest BCUT2D eigenvalue weighted by atomic mass is 9.86. The van der Waals surface area contributed by atoms with E-state index < -0.39 is 5.92 Å². The van der Waals surface area contributed by atoms with Crippen LogP contribution in [-0.4, -0.2) is 47.5 Å². The number of nitrogens with zero attached hydrogens (tertiary/aromatic N) is 1. The molecule has 1 saturated heterocycles. The summed E-state index contributed by atoms with van der Waals surface area (Å²) in [6.45, 7) is 1.47. The van der Waals surface area contributed by atoms with Crippen LogP contribution in [0.1, 0.15) is 36.0 Å². The number of nitrogens with one attached hydrogen (secondary N) is 1. The third-order valence-electron chi connectivity index (χ3n) is 5.50. The first-order valence-corrected chi connectivity index (χ1v) is 9.34. The summed E-state index contributed by atoms with van der Waals surface area (Å²) in [5.41, 5.74) is 1.33. The molecule has 1 aliphatic carbocycles. The molecule has 1 N–H and O–H groups in total. The number of aromatic nitrogens is 1. The van der Waals surface area contributed by atoms with Crippen LogP contribution in [0.2, 0.25) is 5.02 Å². The summed E-state index contributed by atoms with van der Waals surface area (Å²) in [4.78, 5) is 18.1. The average molecular weight is 383 g/mol. The highest BCUT2D eigenvalue weighted by molar-refractivity contribution is 6.36. The number of hydrogen-bond donors (Lipinski definition) is 1. The molecule has 2 heterocycles. The number of carbonyl (C=O) groups is 1. The molecule has 4 rings (SSSR count). The van der Waals surface area contributed by atoms with Gasteiger partial charge in [-0.3, -0.25) is 4.79 Å². The maximum atomic E-state index is 13.4. The molecule has 1 aliphatic heterocycles. The largest absolute Gasteiger partial charge is 0.377 e. The van der Waals surface area contributed by atoms with Crippen molar-refractivity contribution >= 4 is 28.4 Å². The van der Waals surface area contributed by atoms with Crippen LogP contribution < -0.4 is 0 Å². The first-order valence-electron chi connectivity index (χ1n) is 8.97. The summed E-state index contributed by atoms with van der Waals surface area (Å²) in [5, 5.41) is 1.23. The Balaban J connectivity index is 1.57. The fraction of sp³-hybridized carbons (Fsp3) is 0.526. The van der Waals surface area contributed by atoms with Gasteiger partial charge in [-0.05, 0) is 30.9 Å². The Morgan fingerprint density at radius 1 is 1.31 bits per heavy atom. The second-order valence-corrected chi connectivity index (χ2v) is 7.72. The predicted molar refractivity (Wildman–Crippen MR) is 95.9 cm³/mol. The summed E-state index contributed by atoms with van der Waals surface area (Å²) >= 11 is 6.30. The average Bonchev–Trinajstić information content (AvgIpc) is 2.99. The molecule has 0 unspecified atom stereocenters. The molecule has 140 valence electrons. The van der Waals surface area contributed by atoms with Gasteiger partial charge in [0.05, 0.1) is 29.8 Å². The van der Waals surface area contributed by atoms with Gasteiger partial charge >= 0.3 is 0 Å². The van der Waals surface area contributed by atoms with Gasteiger partial charge in [0.2, 0.25) is 5.92 Å². The Bertz CT molecular complexity index is 809. The van der Waals surface area contributed by atoms with Crippen LogP contribution in [0.25, 0.3) is 10.9 Å². The van der Waals surface area contributed by atoms with E-state index in [0.29, 0.717) is 48.6 Å². The maximum Gasteiger partial charge on any atom is 0.256 e. The molecule has 1 saturated carbocycles. The number of amides is 1. The number of ether oxygens (including phenoxy) is 1. The van der Waals surface area contributed by atoms with E-state index >= 15 is 0 Å². The molecule has 26 heavy (non-hydrogen) atoms. The van der Waals surface area contributed by atoms with E-state index in [0.717, 1.165) is 5.52 Å². The molecule has 2 aliphatic rings. The fourth-order valence-corrected chi connectivity index (χ4v) is 4.10. The van der Waals surface area contributed by atoms with Gasteiger partial charge in [0, 0.05) is 36.5 Å². The standard InChI is InChI=1S/C19H21ClF2N2O2/c20-15-2-1-3-16-17(15)14(8-23-16)18(25)24(13-10-26-11-13)9-12-4-6-19(21,22)7-5-12/h1-3,8,12-13,23H,4-7,9-11H2. The third-order valence-corrected chi connectivity index (χ3v) is 5.81. The van der Waals surface area contributed by atoms with E-state index in [1.807, 2.05) is 12.1 Å². The zero-order valence-electron chi connectivity index (χ0n) is 14.3. The lowest BCUT2D eigenvalue weighted by Crippen LogP contribution is -2.53. The smallest absolute Gasteiger partial charge is 0.256 e. The predicted octanol–water partition coefficient (Wildman–Crippen LogP) is 4.49. The van der Waals surface area contributed by atoms with Crippen molar-refractivity contribution in [3.8, 4) is 0 Å². The van der Waals surface area contributed by atoms with Gasteiger partial charge in [0.25, 0.3) is 5.91 Å². The Hall–Kier alpha value is -1.66. The Morgan fingerprint density at radius 2 is 2.04 bits per heavy atom. The van der Waals surface area contributed by atoms with Crippen molar-refractivity contribution in [2.24, 2.45) is 5.92 Å². The zero-order valence-corrected chi connectivity index (χ0v) is 15.1. The number of hydrogen-bond acceptors (Lipinski definition) is 2. The minimum atomic E-state index is -2.56. The first-order chi connectivity index (χ1) is 12.4. The van der Waals surface area contributed by atoms with Crippen LogP contribution in [0.3, 0.4) is 0 Å². The highest BCUT2D eigenvalue weighted by Crippen LogP contribution is 2.37. The molecule has 0 spiro atoms. The number of carbonyl (C=O) groups excluding carboxylic acids is 1.